The van der Waals surface area contributed by atoms with E-state index in [1.807, 2.05) is 0 Å². The first kappa shape index (κ1) is 21.6. The molecular weight excluding hydrogens is 432 g/mol. The molecule has 1 aromatic heterocycles. The van der Waals surface area contributed by atoms with Gasteiger partial charge in [-0.05, 0) is 49.2 Å². The Hall–Kier alpha value is -2.08. The van der Waals surface area contributed by atoms with Gasteiger partial charge in [-0.1, -0.05) is 19.9 Å². The predicted molar refractivity (Wildman–Crippen MR) is 114 cm³/mol. The highest BCUT2D eigenvalue weighted by Crippen LogP contribution is 2.29. The van der Waals surface area contributed by atoms with Gasteiger partial charge >= 0.3 is 0 Å². The first-order chi connectivity index (χ1) is 13.6. The van der Waals surface area contributed by atoms with E-state index in [9.17, 15) is 16.8 Å². The van der Waals surface area contributed by atoms with Crippen molar-refractivity contribution in [1.29, 1.82) is 0 Å². The molecule has 0 aliphatic carbocycles. The molecule has 2 aromatic carbocycles. The maximum Gasteiger partial charge on any atom is 0.264 e. The monoisotopic (exact) mass is 454 g/mol. The third-order valence-electron chi connectivity index (χ3n) is 4.77. The van der Waals surface area contributed by atoms with E-state index in [1.54, 1.807) is 45.9 Å². The second kappa shape index (κ2) is 7.98. The summed E-state index contributed by atoms with van der Waals surface area (Å²) in [7, 11) is -7.73. The average Bonchev–Trinajstić information content (AvgIpc) is 3.14. The Kier molecular flexibility index (Phi) is 5.95. The molecule has 0 radical (unpaired) electrons. The summed E-state index contributed by atoms with van der Waals surface area (Å²) in [6, 6.07) is 7.66. The van der Waals surface area contributed by atoms with E-state index < -0.39 is 20.0 Å². The lowest BCUT2D eigenvalue weighted by atomic mass is 10.1. The zero-order valence-corrected chi connectivity index (χ0v) is 18.9. The van der Waals surface area contributed by atoms with Crippen molar-refractivity contribution in [3.8, 4) is 0 Å². The molecule has 1 N–H and O–H groups in total. The Morgan fingerprint density at radius 3 is 2.38 bits per heavy atom. The van der Waals surface area contributed by atoms with Crippen molar-refractivity contribution in [2.24, 2.45) is 0 Å². The number of benzene rings is 2. The van der Waals surface area contributed by atoms with E-state index in [4.69, 9.17) is 0 Å². The second-order valence-corrected chi connectivity index (χ2v) is 10.6. The summed E-state index contributed by atoms with van der Waals surface area (Å²) in [5.41, 5.74) is 2.31. The minimum Gasteiger partial charge on any atom is -0.279 e. The first-order valence-corrected chi connectivity index (χ1v) is 12.6. The summed E-state index contributed by atoms with van der Waals surface area (Å²) >= 11 is 0.932. The Morgan fingerprint density at radius 1 is 1.03 bits per heavy atom. The van der Waals surface area contributed by atoms with Gasteiger partial charge in [0.25, 0.3) is 10.0 Å². The van der Waals surface area contributed by atoms with Crippen molar-refractivity contribution in [3.05, 3.63) is 41.5 Å². The Bertz CT molecular complexity index is 1260. The van der Waals surface area contributed by atoms with Gasteiger partial charge in [-0.2, -0.15) is 13.1 Å². The molecule has 0 spiro atoms. The lowest BCUT2D eigenvalue weighted by molar-refractivity contribution is 0.445. The molecule has 0 saturated carbocycles. The number of aromatic nitrogens is 2. The fraction of sp³-hybridized carbons (Fsp3) is 0.333. The fourth-order valence-electron chi connectivity index (χ4n) is 2.99. The Morgan fingerprint density at radius 2 is 1.72 bits per heavy atom. The topological polar surface area (TPSA) is 109 Å². The van der Waals surface area contributed by atoms with Crippen LogP contribution in [0.3, 0.4) is 0 Å². The average molecular weight is 455 g/mol. The zero-order valence-electron chi connectivity index (χ0n) is 16.5. The third-order valence-corrected chi connectivity index (χ3v) is 8.73. The number of hydrogen-bond acceptors (Lipinski definition) is 7. The molecule has 3 rings (SSSR count). The van der Waals surface area contributed by atoms with Gasteiger partial charge in [0, 0.05) is 13.1 Å². The molecule has 1 heterocycles. The zero-order chi connectivity index (χ0) is 21.4. The van der Waals surface area contributed by atoms with Gasteiger partial charge in [0.15, 0.2) is 0 Å². The third kappa shape index (κ3) is 4.00. The van der Waals surface area contributed by atoms with Crippen molar-refractivity contribution in [1.82, 2.24) is 13.1 Å². The predicted octanol–water partition coefficient (Wildman–Crippen LogP) is 3.14. The fourth-order valence-corrected chi connectivity index (χ4v) is 6.44. The van der Waals surface area contributed by atoms with Crippen LogP contribution in [0.1, 0.15) is 25.0 Å². The molecule has 11 heteroatoms. The highest BCUT2D eigenvalue weighted by molar-refractivity contribution is 7.93. The highest BCUT2D eigenvalue weighted by Gasteiger charge is 2.25. The van der Waals surface area contributed by atoms with Gasteiger partial charge in [0.2, 0.25) is 10.0 Å². The Balaban J connectivity index is 2.10. The number of sulfonamides is 2. The van der Waals surface area contributed by atoms with E-state index in [1.165, 1.54) is 16.4 Å². The van der Waals surface area contributed by atoms with Crippen LogP contribution in [0.15, 0.2) is 40.1 Å². The van der Waals surface area contributed by atoms with Crippen LogP contribution in [-0.4, -0.2) is 43.0 Å². The molecular formula is C18H22N4O4S3. The van der Waals surface area contributed by atoms with Gasteiger partial charge < -0.3 is 0 Å². The number of nitrogens with zero attached hydrogens (tertiary/aromatic N) is 3. The summed E-state index contributed by atoms with van der Waals surface area (Å²) in [5.74, 6) is 0. The van der Waals surface area contributed by atoms with Crippen LogP contribution in [0.25, 0.3) is 11.0 Å². The molecule has 0 unspecified atom stereocenters. The number of aryl methyl sites for hydroxylation is 1. The molecule has 156 valence electrons. The molecule has 0 aliphatic rings. The summed E-state index contributed by atoms with van der Waals surface area (Å²) in [6.45, 7) is 7.66. The van der Waals surface area contributed by atoms with Crippen LogP contribution in [0.4, 0.5) is 5.69 Å². The maximum atomic E-state index is 13.1. The van der Waals surface area contributed by atoms with Crippen LogP contribution in [0.5, 0.6) is 0 Å². The largest absolute Gasteiger partial charge is 0.279 e. The number of hydrogen-bond donors (Lipinski definition) is 1. The summed E-state index contributed by atoms with van der Waals surface area (Å²) in [5, 5.41) is 0. The van der Waals surface area contributed by atoms with E-state index in [0.29, 0.717) is 29.7 Å². The second-order valence-electron chi connectivity index (χ2n) is 6.50. The molecule has 0 amide bonds. The normalized spacial score (nSPS) is 12.6. The number of nitrogens with one attached hydrogen (secondary N) is 1. The van der Waals surface area contributed by atoms with E-state index in [2.05, 4.69) is 13.5 Å². The number of anilines is 1. The van der Waals surface area contributed by atoms with Crippen molar-refractivity contribution < 1.29 is 16.8 Å². The van der Waals surface area contributed by atoms with Crippen LogP contribution in [0, 0.1) is 13.8 Å². The van der Waals surface area contributed by atoms with Gasteiger partial charge in [0.1, 0.15) is 15.9 Å². The molecule has 0 aliphatic heterocycles. The standard InChI is InChI=1S/C18H22N4O4S3/c1-5-22(6-2)29(25,26)14-10-12(3)13(4)16(11-14)21-28(23,24)17-9-7-8-15-18(17)20-27-19-15/h7-11,21H,5-6H2,1-4H3. The highest BCUT2D eigenvalue weighted by atomic mass is 32.2. The number of rotatable bonds is 7. The Labute approximate surface area is 175 Å². The lowest BCUT2D eigenvalue weighted by Crippen LogP contribution is -2.30. The molecule has 8 nitrogen and oxygen atoms in total. The van der Waals surface area contributed by atoms with Crippen molar-refractivity contribution in [2.45, 2.75) is 37.5 Å². The van der Waals surface area contributed by atoms with Crippen molar-refractivity contribution >= 4 is 48.5 Å². The quantitative estimate of drug-likeness (QED) is 0.587. The van der Waals surface area contributed by atoms with Crippen LogP contribution >= 0.6 is 11.7 Å². The summed E-state index contributed by atoms with van der Waals surface area (Å²) in [6.07, 6.45) is 0. The summed E-state index contributed by atoms with van der Waals surface area (Å²) < 4.78 is 64.0. The molecule has 0 saturated heterocycles. The van der Waals surface area contributed by atoms with Crippen molar-refractivity contribution in [3.63, 3.8) is 0 Å². The van der Waals surface area contributed by atoms with Crippen LogP contribution in [-0.2, 0) is 20.0 Å². The minimum atomic E-state index is -4.00. The molecule has 29 heavy (non-hydrogen) atoms. The molecule has 0 atom stereocenters. The van der Waals surface area contributed by atoms with Gasteiger partial charge in [0.05, 0.1) is 22.3 Å². The van der Waals surface area contributed by atoms with Crippen LogP contribution < -0.4 is 4.72 Å². The molecule has 0 bridgehead atoms. The minimum absolute atomic E-state index is 0.00203. The number of fused-ring (bicyclic) bond motifs is 1. The molecule has 3 aromatic rings. The van der Waals surface area contributed by atoms with E-state index >= 15 is 0 Å². The van der Waals surface area contributed by atoms with Gasteiger partial charge in [-0.15, -0.1) is 0 Å². The molecule has 0 fully saturated rings. The van der Waals surface area contributed by atoms with E-state index in [-0.39, 0.29) is 21.0 Å². The van der Waals surface area contributed by atoms with Crippen LogP contribution in [0.2, 0.25) is 0 Å². The van der Waals surface area contributed by atoms with E-state index in [0.717, 1.165) is 11.7 Å². The first-order valence-electron chi connectivity index (χ1n) is 8.97. The summed E-state index contributed by atoms with van der Waals surface area (Å²) in [4.78, 5) is 0.0494. The SMILES string of the molecule is CCN(CC)S(=O)(=O)c1cc(C)c(C)c(NS(=O)(=O)c2cccc3nsnc23)c1. The van der Waals surface area contributed by atoms with Gasteiger partial charge in [-0.3, -0.25) is 4.72 Å². The van der Waals surface area contributed by atoms with Crippen molar-refractivity contribution in [2.75, 3.05) is 17.8 Å². The maximum absolute atomic E-state index is 13.1. The smallest absolute Gasteiger partial charge is 0.264 e. The lowest BCUT2D eigenvalue weighted by Gasteiger charge is -2.20. The van der Waals surface area contributed by atoms with Gasteiger partial charge in [-0.25, -0.2) is 16.8 Å².